The number of rotatable bonds is 14. The first-order valence-corrected chi connectivity index (χ1v) is 8.28. The Morgan fingerprint density at radius 3 is 1.86 bits per heavy atom. The second-order valence-corrected chi connectivity index (χ2v) is 5.63. The number of hydrogen-bond acceptors (Lipinski definition) is 4. The molecule has 1 amide bonds. The van der Waals surface area contributed by atoms with Crippen LogP contribution in [0.25, 0.3) is 0 Å². The van der Waals surface area contributed by atoms with Crippen LogP contribution in [0.1, 0.15) is 77.6 Å². The third-order valence-corrected chi connectivity index (χ3v) is 3.47. The Morgan fingerprint density at radius 1 is 0.905 bits per heavy atom. The van der Waals surface area contributed by atoms with Crippen molar-refractivity contribution < 1.29 is 14.3 Å². The van der Waals surface area contributed by atoms with Gasteiger partial charge in [-0.1, -0.05) is 64.7 Å². The number of hydrogen-bond donors (Lipinski definition) is 2. The number of ether oxygens (including phenoxy) is 1. The molecule has 0 aromatic heterocycles. The molecule has 124 valence electrons. The number of carbonyl (C=O) groups is 2. The monoisotopic (exact) mass is 300 g/mol. The van der Waals surface area contributed by atoms with E-state index in [9.17, 15) is 9.59 Å². The van der Waals surface area contributed by atoms with Crippen LogP contribution in [0.15, 0.2) is 0 Å². The Balaban J connectivity index is 3.28. The minimum Gasteiger partial charge on any atom is -0.465 e. The summed E-state index contributed by atoms with van der Waals surface area (Å²) in [6, 6.07) is -0.925. The van der Waals surface area contributed by atoms with E-state index in [1.807, 2.05) is 0 Å². The summed E-state index contributed by atoms with van der Waals surface area (Å²) < 4.78 is 5.00. The molecular weight excluding hydrogens is 268 g/mol. The average Bonchev–Trinajstić information content (AvgIpc) is 2.43. The fourth-order valence-corrected chi connectivity index (χ4v) is 2.17. The smallest absolute Gasteiger partial charge is 0.323 e. The molecule has 5 heteroatoms. The molecule has 0 heterocycles. The van der Waals surface area contributed by atoms with Crippen LogP contribution in [-0.2, 0) is 14.3 Å². The summed E-state index contributed by atoms with van der Waals surface area (Å²) in [4.78, 5) is 22.0. The summed E-state index contributed by atoms with van der Waals surface area (Å²) >= 11 is 0. The summed E-state index contributed by atoms with van der Waals surface area (Å²) in [5.74, 6) is -1.12. The van der Waals surface area contributed by atoms with Crippen LogP contribution in [0.2, 0.25) is 0 Å². The molecule has 4 N–H and O–H groups in total. The van der Waals surface area contributed by atoms with E-state index in [0.29, 0.717) is 6.61 Å². The summed E-state index contributed by atoms with van der Waals surface area (Å²) in [6.45, 7) is 2.61. The zero-order valence-corrected chi connectivity index (χ0v) is 13.4. The minimum atomic E-state index is -0.925. The van der Waals surface area contributed by atoms with Crippen molar-refractivity contribution in [1.29, 1.82) is 0 Å². The summed E-state index contributed by atoms with van der Waals surface area (Å²) in [5, 5.41) is 0. The molecule has 0 aromatic carbocycles. The van der Waals surface area contributed by atoms with Crippen molar-refractivity contribution in [2.24, 2.45) is 11.5 Å². The number of esters is 1. The van der Waals surface area contributed by atoms with Gasteiger partial charge >= 0.3 is 5.97 Å². The predicted octanol–water partition coefficient (Wildman–Crippen LogP) is 2.65. The molecule has 0 bridgehead atoms. The van der Waals surface area contributed by atoms with Crippen LogP contribution in [0.3, 0.4) is 0 Å². The van der Waals surface area contributed by atoms with Crippen molar-refractivity contribution in [2.75, 3.05) is 6.61 Å². The van der Waals surface area contributed by atoms with E-state index in [0.717, 1.165) is 12.8 Å². The first kappa shape index (κ1) is 19.9. The highest BCUT2D eigenvalue weighted by atomic mass is 16.5. The number of unbranched alkanes of at least 4 members (excludes halogenated alkanes) is 9. The topological polar surface area (TPSA) is 95.4 Å². The maximum Gasteiger partial charge on any atom is 0.323 e. The fourth-order valence-electron chi connectivity index (χ4n) is 2.17. The number of nitrogens with two attached hydrogens (primary N) is 2. The predicted molar refractivity (Wildman–Crippen MR) is 84.6 cm³/mol. The van der Waals surface area contributed by atoms with Gasteiger partial charge in [0.25, 0.3) is 0 Å². The highest BCUT2D eigenvalue weighted by Gasteiger charge is 2.16. The Kier molecular flexibility index (Phi) is 13.1. The minimum absolute atomic E-state index is 0.156. The Labute approximate surface area is 128 Å². The van der Waals surface area contributed by atoms with Crippen molar-refractivity contribution in [3.05, 3.63) is 0 Å². The molecule has 0 saturated carbocycles. The first-order valence-electron chi connectivity index (χ1n) is 8.28. The van der Waals surface area contributed by atoms with Gasteiger partial charge in [-0.05, 0) is 6.42 Å². The lowest BCUT2D eigenvalue weighted by molar-refractivity contribution is -0.146. The molecule has 0 radical (unpaired) electrons. The van der Waals surface area contributed by atoms with E-state index in [4.69, 9.17) is 16.2 Å². The second kappa shape index (κ2) is 13.9. The Bertz CT molecular complexity index is 283. The average molecular weight is 300 g/mol. The van der Waals surface area contributed by atoms with Gasteiger partial charge in [0.05, 0.1) is 13.0 Å². The van der Waals surface area contributed by atoms with Crippen molar-refractivity contribution in [1.82, 2.24) is 0 Å². The maximum atomic E-state index is 11.4. The van der Waals surface area contributed by atoms with Gasteiger partial charge in [-0.2, -0.15) is 0 Å². The van der Waals surface area contributed by atoms with E-state index in [2.05, 4.69) is 6.92 Å². The second-order valence-electron chi connectivity index (χ2n) is 5.63. The highest BCUT2D eigenvalue weighted by Crippen LogP contribution is 2.10. The molecule has 5 nitrogen and oxygen atoms in total. The summed E-state index contributed by atoms with van der Waals surface area (Å²) in [6.07, 6.45) is 12.2. The van der Waals surface area contributed by atoms with Gasteiger partial charge in [0.1, 0.15) is 6.04 Å². The molecule has 0 aliphatic heterocycles. The molecule has 0 aromatic rings. The van der Waals surface area contributed by atoms with E-state index < -0.39 is 17.9 Å². The largest absolute Gasteiger partial charge is 0.465 e. The van der Waals surface area contributed by atoms with Crippen LogP contribution in [0.5, 0.6) is 0 Å². The van der Waals surface area contributed by atoms with E-state index in [1.54, 1.807) is 0 Å². The zero-order chi connectivity index (χ0) is 15.9. The SMILES string of the molecule is CCCCCCCCCCCCOC(=O)C(N)CC(N)=O. The van der Waals surface area contributed by atoms with Crippen LogP contribution < -0.4 is 11.5 Å². The molecule has 0 rings (SSSR count). The third-order valence-electron chi connectivity index (χ3n) is 3.47. The molecule has 0 fully saturated rings. The molecule has 1 unspecified atom stereocenters. The normalized spacial score (nSPS) is 12.1. The Morgan fingerprint density at radius 2 is 1.38 bits per heavy atom. The van der Waals surface area contributed by atoms with Gasteiger partial charge in [0, 0.05) is 0 Å². The fraction of sp³-hybridized carbons (Fsp3) is 0.875. The molecular formula is C16H32N2O3. The van der Waals surface area contributed by atoms with E-state index >= 15 is 0 Å². The van der Waals surface area contributed by atoms with Crippen LogP contribution >= 0.6 is 0 Å². The van der Waals surface area contributed by atoms with Gasteiger partial charge < -0.3 is 16.2 Å². The standard InChI is InChI=1S/C16H32N2O3/c1-2-3-4-5-6-7-8-9-10-11-12-21-16(20)14(17)13-15(18)19/h14H,2-13,17H2,1H3,(H2,18,19). The lowest BCUT2D eigenvalue weighted by Crippen LogP contribution is -2.36. The molecule has 21 heavy (non-hydrogen) atoms. The van der Waals surface area contributed by atoms with Crippen LogP contribution in [0, 0.1) is 0 Å². The molecule has 1 atom stereocenters. The quantitative estimate of drug-likeness (QED) is 0.381. The molecule has 0 aliphatic carbocycles. The van der Waals surface area contributed by atoms with Crippen molar-refractivity contribution in [2.45, 2.75) is 83.6 Å². The maximum absolute atomic E-state index is 11.4. The van der Waals surface area contributed by atoms with Gasteiger partial charge in [-0.3, -0.25) is 9.59 Å². The van der Waals surface area contributed by atoms with Gasteiger partial charge in [0.15, 0.2) is 0 Å². The van der Waals surface area contributed by atoms with Gasteiger partial charge in [-0.25, -0.2) is 0 Å². The van der Waals surface area contributed by atoms with Crippen molar-refractivity contribution in [3.8, 4) is 0 Å². The third kappa shape index (κ3) is 13.6. The lowest BCUT2D eigenvalue weighted by Gasteiger charge is -2.09. The van der Waals surface area contributed by atoms with Gasteiger partial charge in [-0.15, -0.1) is 0 Å². The van der Waals surface area contributed by atoms with Crippen molar-refractivity contribution >= 4 is 11.9 Å². The van der Waals surface area contributed by atoms with Gasteiger partial charge in [0.2, 0.25) is 5.91 Å². The zero-order valence-electron chi connectivity index (χ0n) is 13.4. The number of primary amides is 1. The molecule has 0 saturated heterocycles. The van der Waals surface area contributed by atoms with Crippen LogP contribution in [-0.4, -0.2) is 24.5 Å². The summed E-state index contributed by atoms with van der Waals surface area (Å²) in [7, 11) is 0. The van der Waals surface area contributed by atoms with E-state index in [1.165, 1.54) is 51.4 Å². The van der Waals surface area contributed by atoms with E-state index in [-0.39, 0.29) is 6.42 Å². The number of amides is 1. The summed E-state index contributed by atoms with van der Waals surface area (Å²) in [5.41, 5.74) is 10.4. The molecule has 0 spiro atoms. The first-order chi connectivity index (χ1) is 10.1. The lowest BCUT2D eigenvalue weighted by atomic mass is 10.1. The molecule has 0 aliphatic rings. The van der Waals surface area contributed by atoms with Crippen LogP contribution in [0.4, 0.5) is 0 Å². The number of carbonyl (C=O) groups excluding carboxylic acids is 2. The Hall–Kier alpha value is -1.10. The highest BCUT2D eigenvalue weighted by molar-refractivity contribution is 5.84. The van der Waals surface area contributed by atoms with Crippen molar-refractivity contribution in [3.63, 3.8) is 0 Å².